The molecule has 0 amide bonds. The fourth-order valence-electron chi connectivity index (χ4n) is 0. The summed E-state index contributed by atoms with van der Waals surface area (Å²) < 4.78 is 46.8. The maximum Gasteiger partial charge on any atom is 4.00 e. The van der Waals surface area contributed by atoms with Crippen molar-refractivity contribution in [3.63, 3.8) is 0 Å². The molecule has 0 aliphatic heterocycles. The molecule has 120 valence electrons. The van der Waals surface area contributed by atoms with Gasteiger partial charge in [0, 0.05) is 0 Å². The molecule has 0 aromatic heterocycles. The minimum absolute atomic E-state index is 0. The molecular formula is H4O16Si4Ti. The van der Waals surface area contributed by atoms with Crippen LogP contribution >= 0.6 is 0 Å². The third-order valence-corrected chi connectivity index (χ3v) is 0.894. The van der Waals surface area contributed by atoms with Crippen molar-refractivity contribution in [3.05, 3.63) is 0 Å². The number of hydrogen-bond donors (Lipinski definition) is 4. The Morgan fingerprint density at radius 2 is 0.571 bits per heavy atom. The van der Waals surface area contributed by atoms with E-state index >= 15 is 0 Å². The van der Waals surface area contributed by atoms with Gasteiger partial charge in [-0.2, -0.15) is 0 Å². The van der Waals surface area contributed by atoms with Crippen LogP contribution in [0.2, 0.25) is 0 Å². The van der Waals surface area contributed by atoms with Crippen LogP contribution in [0.4, 0.5) is 0 Å². The van der Waals surface area contributed by atoms with Crippen molar-refractivity contribution in [3.8, 4) is 0 Å². The second-order valence-corrected chi connectivity index (χ2v) is 4.10. The Hall–Kier alpha value is -0.978. The van der Waals surface area contributed by atoms with Crippen LogP contribution in [0.3, 0.4) is 0 Å². The maximum absolute atomic E-state index is 8.97. The summed E-state index contributed by atoms with van der Waals surface area (Å²) in [6, 6.07) is 0. The Labute approximate surface area is 135 Å². The van der Waals surface area contributed by atoms with E-state index in [4.69, 9.17) is 58.1 Å². The van der Waals surface area contributed by atoms with Crippen molar-refractivity contribution in [1.82, 2.24) is 0 Å². The molecule has 0 radical (unpaired) electrons. The first-order valence-electron chi connectivity index (χ1n) is 3.18. The van der Waals surface area contributed by atoms with Gasteiger partial charge in [0.25, 0.3) is 0 Å². The van der Waals surface area contributed by atoms with Crippen LogP contribution < -0.4 is 19.2 Å². The molecule has 0 spiro atoms. The molecule has 21 heteroatoms. The monoisotopic (exact) mass is 420 g/mol. The maximum atomic E-state index is 8.97. The van der Waals surface area contributed by atoms with Crippen molar-refractivity contribution in [1.29, 1.82) is 0 Å². The van der Waals surface area contributed by atoms with Gasteiger partial charge in [0.1, 0.15) is 0 Å². The molecule has 0 atom stereocenters. The SMILES string of the molecule is O=[Si]([O-])OO.O=[Si]([O-])OO.O=[Si]([O-])OO.O=[Si]([O-])OO.[Ti+4]. The summed E-state index contributed by atoms with van der Waals surface area (Å²) in [4.78, 5) is 35.9. The van der Waals surface area contributed by atoms with E-state index in [9.17, 15) is 0 Å². The van der Waals surface area contributed by atoms with Crippen LogP contribution in [0.5, 0.6) is 0 Å². The standard InChI is InChI=1S/4HO4Si.Ti/c4*1-4-5(2)3;/h4*1H;/q4*-1;+4. The third-order valence-electron chi connectivity index (χ3n) is 0.298. The van der Waals surface area contributed by atoms with Crippen molar-refractivity contribution >= 4 is 36.7 Å². The molecular weight excluding hydrogens is 416 g/mol. The van der Waals surface area contributed by atoms with E-state index in [1.807, 2.05) is 0 Å². The second-order valence-electron chi connectivity index (χ2n) is 1.37. The molecule has 21 heavy (non-hydrogen) atoms. The molecule has 0 heterocycles. The van der Waals surface area contributed by atoms with Crippen molar-refractivity contribution < 1.29 is 98.1 Å². The first kappa shape index (κ1) is 32.1. The van der Waals surface area contributed by atoms with E-state index in [1.165, 1.54) is 0 Å². The predicted molar refractivity (Wildman–Crippen MR) is 40.6 cm³/mol. The molecule has 0 aliphatic carbocycles. The quantitative estimate of drug-likeness (QED) is 0.187. The summed E-state index contributed by atoms with van der Waals surface area (Å²) in [6.45, 7) is 0. The molecule has 0 saturated carbocycles. The van der Waals surface area contributed by atoms with Crippen LogP contribution in [-0.2, 0) is 57.9 Å². The van der Waals surface area contributed by atoms with Gasteiger partial charge in [-0.05, 0) is 0 Å². The van der Waals surface area contributed by atoms with E-state index in [2.05, 4.69) is 18.3 Å². The van der Waals surface area contributed by atoms with Gasteiger partial charge in [0.2, 0.25) is 0 Å². The van der Waals surface area contributed by atoms with Gasteiger partial charge in [-0.3, -0.25) is 21.0 Å². The number of rotatable bonds is 4. The van der Waals surface area contributed by atoms with Crippen LogP contribution in [0.1, 0.15) is 0 Å². The molecule has 16 nitrogen and oxygen atoms in total. The summed E-state index contributed by atoms with van der Waals surface area (Å²) in [5, 5.41) is 28.3. The summed E-state index contributed by atoms with van der Waals surface area (Å²) in [6.07, 6.45) is 0. The first-order chi connectivity index (χ1) is 9.08. The topological polar surface area (TPSA) is 278 Å². The van der Waals surface area contributed by atoms with Crippen LogP contribution in [-0.4, -0.2) is 57.7 Å². The summed E-state index contributed by atoms with van der Waals surface area (Å²) >= 11 is 0. The van der Waals surface area contributed by atoms with E-state index in [0.29, 0.717) is 0 Å². The van der Waals surface area contributed by atoms with E-state index in [1.54, 1.807) is 0 Å². The Balaban J connectivity index is -0.0000000533. The van der Waals surface area contributed by atoms with E-state index < -0.39 is 36.7 Å². The molecule has 0 fully saturated rings. The molecule has 0 bridgehead atoms. The Kier molecular flexibility index (Phi) is 41.9. The van der Waals surface area contributed by atoms with Crippen molar-refractivity contribution in [2.45, 2.75) is 0 Å². The van der Waals surface area contributed by atoms with Crippen LogP contribution in [0.25, 0.3) is 0 Å². The Morgan fingerprint density at radius 1 is 0.524 bits per heavy atom. The minimum Gasteiger partial charge on any atom is -0.478 e. The van der Waals surface area contributed by atoms with E-state index in [-0.39, 0.29) is 21.7 Å². The molecule has 0 unspecified atom stereocenters. The zero-order valence-electron chi connectivity index (χ0n) is 9.19. The van der Waals surface area contributed by atoms with Crippen LogP contribution in [0, 0.1) is 0 Å². The van der Waals surface area contributed by atoms with Gasteiger partial charge < -0.3 is 55.3 Å². The predicted octanol–water partition coefficient (Wildman–Crippen LogP) is -7.00. The van der Waals surface area contributed by atoms with Gasteiger partial charge in [-0.25, -0.2) is 0 Å². The molecule has 4 N–H and O–H groups in total. The van der Waals surface area contributed by atoms with Crippen LogP contribution in [0.15, 0.2) is 0 Å². The zero-order valence-corrected chi connectivity index (χ0v) is 14.7. The first-order valence-corrected chi connectivity index (χ1v) is 8.08. The molecule has 0 saturated heterocycles. The smallest absolute Gasteiger partial charge is 0.478 e. The fourth-order valence-corrected chi connectivity index (χ4v) is 0. The average molecular weight is 420 g/mol. The van der Waals surface area contributed by atoms with Gasteiger partial charge in [-0.15, -0.1) is 0 Å². The van der Waals surface area contributed by atoms with Crippen molar-refractivity contribution in [2.75, 3.05) is 0 Å². The normalized spacial score (nSPS) is 6.29. The third kappa shape index (κ3) is 112. The second kappa shape index (κ2) is 27.4. The molecule has 0 aromatic carbocycles. The van der Waals surface area contributed by atoms with Gasteiger partial charge in [0.05, 0.1) is 0 Å². The largest absolute Gasteiger partial charge is 4.00 e. The summed E-state index contributed by atoms with van der Waals surface area (Å²) in [5.74, 6) is 0. The van der Waals surface area contributed by atoms with Crippen molar-refractivity contribution in [2.24, 2.45) is 0 Å². The van der Waals surface area contributed by atoms with E-state index in [0.717, 1.165) is 0 Å². The average Bonchev–Trinajstić information content (AvgIpc) is 2.40. The van der Waals surface area contributed by atoms with Gasteiger partial charge in [0.15, 0.2) is 0 Å². The molecule has 0 aromatic rings. The van der Waals surface area contributed by atoms with Gasteiger partial charge in [-0.1, -0.05) is 0 Å². The zero-order chi connectivity index (χ0) is 17.1. The molecule has 0 rings (SSSR count). The van der Waals surface area contributed by atoms with Gasteiger partial charge >= 0.3 is 58.4 Å². The summed E-state index contributed by atoms with van der Waals surface area (Å²) in [7, 11) is -13.3. The summed E-state index contributed by atoms with van der Waals surface area (Å²) in [5.41, 5.74) is 0. The fraction of sp³-hybridized carbons (Fsp3) is 0. The Morgan fingerprint density at radius 3 is 0.571 bits per heavy atom. The minimum atomic E-state index is -3.32. The number of hydrogen-bond acceptors (Lipinski definition) is 16. The molecule has 0 aliphatic rings. The Bertz CT molecular complexity index is 217.